The van der Waals surface area contributed by atoms with Crippen LogP contribution in [0.2, 0.25) is 0 Å². The van der Waals surface area contributed by atoms with Crippen LogP contribution < -0.4 is 16.6 Å². The Balaban J connectivity index is 2.20. The molecule has 2 atom stereocenters. The summed E-state index contributed by atoms with van der Waals surface area (Å²) in [6.07, 6.45) is 4.42. The number of H-pyrrole nitrogens is 1. The van der Waals surface area contributed by atoms with Gasteiger partial charge in [-0.25, -0.2) is 4.79 Å². The molecule has 2 rings (SSSR count). The summed E-state index contributed by atoms with van der Waals surface area (Å²) in [5.41, 5.74) is -0.211. The van der Waals surface area contributed by atoms with Gasteiger partial charge in [-0.05, 0) is 12.8 Å². The molecule has 0 radical (unpaired) electrons. The first-order valence-electron chi connectivity index (χ1n) is 7.47. The van der Waals surface area contributed by atoms with Crippen LogP contribution in [0, 0.1) is 0 Å². The highest BCUT2D eigenvalue weighted by atomic mass is 16.5. The smallest absolute Gasteiger partial charge is 0.330 e. The zero-order chi connectivity index (χ0) is 15.2. The van der Waals surface area contributed by atoms with Crippen molar-refractivity contribution in [1.29, 1.82) is 0 Å². The SMILES string of the molecule is CCCCCc1cn(C2CNCC(CO)O2)c(=O)[nH]c1=O. The molecular formula is C14H23N3O4. The van der Waals surface area contributed by atoms with E-state index in [-0.39, 0.29) is 18.3 Å². The Morgan fingerprint density at radius 1 is 1.38 bits per heavy atom. The lowest BCUT2D eigenvalue weighted by atomic mass is 10.1. The summed E-state index contributed by atoms with van der Waals surface area (Å²) < 4.78 is 7.05. The second kappa shape index (κ2) is 7.53. The fourth-order valence-electron chi connectivity index (χ4n) is 2.44. The number of hydrogen-bond acceptors (Lipinski definition) is 5. The molecular weight excluding hydrogens is 274 g/mol. The number of aliphatic hydroxyl groups excluding tert-OH is 1. The van der Waals surface area contributed by atoms with Gasteiger partial charge in [-0.3, -0.25) is 14.3 Å². The highest BCUT2D eigenvalue weighted by molar-refractivity contribution is 5.05. The van der Waals surface area contributed by atoms with E-state index >= 15 is 0 Å². The molecule has 2 heterocycles. The van der Waals surface area contributed by atoms with Gasteiger partial charge in [0, 0.05) is 24.8 Å². The Kier molecular flexibility index (Phi) is 5.72. The second-order valence-corrected chi connectivity index (χ2v) is 5.33. The largest absolute Gasteiger partial charge is 0.394 e. The van der Waals surface area contributed by atoms with E-state index in [4.69, 9.17) is 9.84 Å². The molecule has 0 spiro atoms. The molecule has 1 aromatic rings. The lowest BCUT2D eigenvalue weighted by molar-refractivity contribution is -0.0968. The van der Waals surface area contributed by atoms with Crippen molar-refractivity contribution in [2.75, 3.05) is 19.7 Å². The van der Waals surface area contributed by atoms with Gasteiger partial charge in [-0.2, -0.15) is 0 Å². The Morgan fingerprint density at radius 3 is 2.90 bits per heavy atom. The fourth-order valence-corrected chi connectivity index (χ4v) is 2.44. The molecule has 1 aliphatic heterocycles. The van der Waals surface area contributed by atoms with Gasteiger partial charge in [0.1, 0.15) is 0 Å². The first kappa shape index (κ1) is 15.9. The van der Waals surface area contributed by atoms with E-state index < -0.39 is 11.9 Å². The number of aromatic amines is 1. The quantitative estimate of drug-likeness (QED) is 0.629. The molecule has 7 nitrogen and oxygen atoms in total. The van der Waals surface area contributed by atoms with Crippen LogP contribution in [0.4, 0.5) is 0 Å². The van der Waals surface area contributed by atoms with E-state index in [2.05, 4.69) is 17.2 Å². The van der Waals surface area contributed by atoms with Gasteiger partial charge in [0.25, 0.3) is 5.56 Å². The molecule has 21 heavy (non-hydrogen) atoms. The van der Waals surface area contributed by atoms with Gasteiger partial charge >= 0.3 is 5.69 Å². The first-order valence-corrected chi connectivity index (χ1v) is 7.47. The van der Waals surface area contributed by atoms with Crippen LogP contribution in [0.25, 0.3) is 0 Å². The monoisotopic (exact) mass is 297 g/mol. The average molecular weight is 297 g/mol. The topological polar surface area (TPSA) is 96.3 Å². The van der Waals surface area contributed by atoms with Gasteiger partial charge in [-0.1, -0.05) is 19.8 Å². The number of aliphatic hydroxyl groups is 1. The number of hydrogen-bond donors (Lipinski definition) is 3. The van der Waals surface area contributed by atoms with Crippen LogP contribution in [0.15, 0.2) is 15.8 Å². The van der Waals surface area contributed by atoms with Crippen molar-refractivity contribution in [1.82, 2.24) is 14.9 Å². The molecule has 2 unspecified atom stereocenters. The highest BCUT2D eigenvalue weighted by Gasteiger charge is 2.24. The molecule has 0 aliphatic carbocycles. The Hall–Kier alpha value is -1.44. The molecule has 118 valence electrons. The van der Waals surface area contributed by atoms with Crippen molar-refractivity contribution < 1.29 is 9.84 Å². The summed E-state index contributed by atoms with van der Waals surface area (Å²) in [5, 5.41) is 12.3. The van der Waals surface area contributed by atoms with E-state index in [9.17, 15) is 9.59 Å². The third kappa shape index (κ3) is 4.03. The van der Waals surface area contributed by atoms with E-state index in [0.717, 1.165) is 19.3 Å². The summed E-state index contributed by atoms with van der Waals surface area (Å²) in [7, 11) is 0. The molecule has 3 N–H and O–H groups in total. The summed E-state index contributed by atoms with van der Waals surface area (Å²) in [5.74, 6) is 0. The van der Waals surface area contributed by atoms with Crippen LogP contribution >= 0.6 is 0 Å². The number of aryl methyl sites for hydroxylation is 1. The van der Waals surface area contributed by atoms with Gasteiger partial charge < -0.3 is 15.2 Å². The van der Waals surface area contributed by atoms with E-state index in [1.54, 1.807) is 6.20 Å². The molecule has 0 amide bonds. The van der Waals surface area contributed by atoms with Crippen LogP contribution in [-0.4, -0.2) is 40.5 Å². The van der Waals surface area contributed by atoms with Crippen molar-refractivity contribution >= 4 is 0 Å². The number of ether oxygens (including phenoxy) is 1. The molecule has 1 aromatic heterocycles. The average Bonchev–Trinajstić information content (AvgIpc) is 2.49. The van der Waals surface area contributed by atoms with Crippen LogP contribution in [0.1, 0.15) is 38.0 Å². The van der Waals surface area contributed by atoms with E-state index in [0.29, 0.717) is 25.1 Å². The van der Waals surface area contributed by atoms with Crippen molar-refractivity contribution in [2.45, 2.75) is 44.9 Å². The number of aromatic nitrogens is 2. The second-order valence-electron chi connectivity index (χ2n) is 5.33. The van der Waals surface area contributed by atoms with Crippen LogP contribution in [-0.2, 0) is 11.2 Å². The Bertz CT molecular complexity index is 566. The minimum Gasteiger partial charge on any atom is -0.394 e. The van der Waals surface area contributed by atoms with Crippen LogP contribution in [0.5, 0.6) is 0 Å². The number of unbranched alkanes of at least 4 members (excludes halogenated alkanes) is 2. The number of nitrogens with zero attached hydrogens (tertiary/aromatic N) is 1. The Labute approximate surface area is 123 Å². The number of nitrogens with one attached hydrogen (secondary N) is 2. The molecule has 1 saturated heterocycles. The zero-order valence-corrected chi connectivity index (χ0v) is 12.3. The zero-order valence-electron chi connectivity index (χ0n) is 12.3. The lowest BCUT2D eigenvalue weighted by Gasteiger charge is -2.30. The van der Waals surface area contributed by atoms with Gasteiger partial charge in [0.05, 0.1) is 12.7 Å². The molecule has 1 aliphatic rings. The molecule has 0 bridgehead atoms. The fraction of sp³-hybridized carbons (Fsp3) is 0.714. The van der Waals surface area contributed by atoms with E-state index in [1.807, 2.05) is 0 Å². The Morgan fingerprint density at radius 2 is 2.19 bits per heavy atom. The summed E-state index contributed by atoms with van der Waals surface area (Å²) in [4.78, 5) is 26.1. The maximum absolute atomic E-state index is 12.0. The van der Waals surface area contributed by atoms with Gasteiger partial charge in [0.2, 0.25) is 0 Å². The predicted octanol–water partition coefficient (Wildman–Crippen LogP) is -0.251. The molecule has 7 heteroatoms. The molecule has 0 aromatic carbocycles. The minimum absolute atomic E-state index is 0.106. The third-order valence-corrected chi connectivity index (χ3v) is 3.65. The van der Waals surface area contributed by atoms with E-state index in [1.165, 1.54) is 4.57 Å². The van der Waals surface area contributed by atoms with Crippen molar-refractivity contribution in [3.05, 3.63) is 32.6 Å². The summed E-state index contributed by atoms with van der Waals surface area (Å²) in [6.45, 7) is 3.01. The summed E-state index contributed by atoms with van der Waals surface area (Å²) in [6, 6.07) is 0. The predicted molar refractivity (Wildman–Crippen MR) is 78.4 cm³/mol. The van der Waals surface area contributed by atoms with Crippen molar-refractivity contribution in [2.24, 2.45) is 0 Å². The van der Waals surface area contributed by atoms with Gasteiger partial charge in [-0.15, -0.1) is 0 Å². The van der Waals surface area contributed by atoms with Crippen molar-refractivity contribution in [3.63, 3.8) is 0 Å². The minimum atomic E-state index is -0.509. The third-order valence-electron chi connectivity index (χ3n) is 3.65. The maximum Gasteiger partial charge on any atom is 0.330 e. The van der Waals surface area contributed by atoms with Crippen molar-refractivity contribution in [3.8, 4) is 0 Å². The number of rotatable bonds is 6. The molecule has 0 saturated carbocycles. The standard InChI is InChI=1S/C14H23N3O4/c1-2-3-4-5-10-8-17(14(20)16-13(10)19)12-7-15-6-11(9-18)21-12/h8,11-12,15,18H,2-7,9H2,1H3,(H,16,19,20). The normalized spacial score (nSPS) is 22.4. The number of morpholine rings is 1. The molecule has 1 fully saturated rings. The first-order chi connectivity index (χ1) is 10.2. The highest BCUT2D eigenvalue weighted by Crippen LogP contribution is 2.12. The summed E-state index contributed by atoms with van der Waals surface area (Å²) >= 11 is 0. The lowest BCUT2D eigenvalue weighted by Crippen LogP contribution is -2.47. The maximum atomic E-state index is 12.0. The van der Waals surface area contributed by atoms with Crippen LogP contribution in [0.3, 0.4) is 0 Å². The van der Waals surface area contributed by atoms with Gasteiger partial charge in [0.15, 0.2) is 6.23 Å².